The summed E-state index contributed by atoms with van der Waals surface area (Å²) in [6, 6.07) is 13.3. The molecule has 27 heavy (non-hydrogen) atoms. The number of nitro groups is 1. The van der Waals surface area contributed by atoms with Crippen LogP contribution in [0.4, 0.5) is 15.8 Å². The Bertz CT molecular complexity index is 880. The molecule has 2 aromatic carbocycles. The molecule has 0 spiro atoms. The largest absolute Gasteiger partial charge is 0.362 e. The first-order valence-electron chi connectivity index (χ1n) is 9.08. The standard InChI is InChI=1S/C20H20FN3O3/c21-17-6-2-1-5-14(17)15-13-16(15)20(25)23-11-9-22(10-12-23)18-7-3-4-8-19(18)24(26)27/h1-8,15-16H,9-13H2. The molecule has 1 aliphatic carbocycles. The number of carbonyl (C=O) groups excluding carboxylic acids is 1. The minimum Gasteiger partial charge on any atom is -0.362 e. The van der Waals surface area contributed by atoms with Gasteiger partial charge in [-0.2, -0.15) is 0 Å². The van der Waals surface area contributed by atoms with Crippen molar-refractivity contribution >= 4 is 17.3 Å². The highest BCUT2D eigenvalue weighted by molar-refractivity contribution is 5.83. The molecule has 0 bridgehead atoms. The first kappa shape index (κ1) is 17.5. The molecular formula is C20H20FN3O3. The van der Waals surface area contributed by atoms with E-state index in [1.165, 1.54) is 12.1 Å². The molecule has 2 atom stereocenters. The SMILES string of the molecule is O=C(C1CC1c1ccccc1F)N1CCN(c2ccccc2[N+](=O)[O-])CC1. The molecule has 0 aromatic heterocycles. The van der Waals surface area contributed by atoms with E-state index in [0.717, 1.165) is 0 Å². The maximum Gasteiger partial charge on any atom is 0.292 e. The molecule has 2 unspecified atom stereocenters. The van der Waals surface area contributed by atoms with Gasteiger partial charge >= 0.3 is 0 Å². The van der Waals surface area contributed by atoms with Gasteiger partial charge < -0.3 is 9.80 Å². The van der Waals surface area contributed by atoms with Gasteiger partial charge in [-0.25, -0.2) is 4.39 Å². The molecule has 1 heterocycles. The van der Waals surface area contributed by atoms with Crippen molar-refractivity contribution in [3.05, 3.63) is 70.0 Å². The summed E-state index contributed by atoms with van der Waals surface area (Å²) >= 11 is 0. The Hall–Kier alpha value is -2.96. The Morgan fingerprint density at radius 1 is 1.04 bits per heavy atom. The number of rotatable bonds is 4. The van der Waals surface area contributed by atoms with Crippen molar-refractivity contribution in [3.63, 3.8) is 0 Å². The zero-order valence-corrected chi connectivity index (χ0v) is 14.8. The van der Waals surface area contributed by atoms with Crippen LogP contribution in [0.5, 0.6) is 0 Å². The maximum atomic E-state index is 13.9. The summed E-state index contributed by atoms with van der Waals surface area (Å²) in [5.41, 5.74) is 1.29. The van der Waals surface area contributed by atoms with Crippen LogP contribution in [0.3, 0.4) is 0 Å². The summed E-state index contributed by atoms with van der Waals surface area (Å²) in [6.07, 6.45) is 0.685. The summed E-state index contributed by atoms with van der Waals surface area (Å²) in [5, 5.41) is 11.2. The van der Waals surface area contributed by atoms with Gasteiger partial charge in [0.05, 0.1) is 4.92 Å². The lowest BCUT2D eigenvalue weighted by molar-refractivity contribution is -0.384. The molecule has 7 heteroatoms. The van der Waals surface area contributed by atoms with Crippen molar-refractivity contribution in [1.82, 2.24) is 4.90 Å². The molecule has 1 amide bonds. The van der Waals surface area contributed by atoms with Crippen molar-refractivity contribution in [2.75, 3.05) is 31.1 Å². The van der Waals surface area contributed by atoms with Crippen LogP contribution >= 0.6 is 0 Å². The monoisotopic (exact) mass is 369 g/mol. The molecule has 6 nitrogen and oxygen atoms in total. The minimum atomic E-state index is -0.379. The predicted octanol–water partition coefficient (Wildman–Crippen LogP) is 3.19. The normalized spacial score (nSPS) is 21.8. The Labute approximate surface area is 156 Å². The lowest BCUT2D eigenvalue weighted by Crippen LogP contribution is -2.49. The number of amides is 1. The molecular weight excluding hydrogens is 349 g/mol. The lowest BCUT2D eigenvalue weighted by atomic mass is 10.1. The average molecular weight is 369 g/mol. The van der Waals surface area contributed by atoms with Gasteiger partial charge in [0.1, 0.15) is 11.5 Å². The summed E-state index contributed by atoms with van der Waals surface area (Å²) in [6.45, 7) is 2.14. The topological polar surface area (TPSA) is 66.7 Å². The number of hydrogen-bond donors (Lipinski definition) is 0. The summed E-state index contributed by atoms with van der Waals surface area (Å²) in [5.74, 6) is -0.379. The van der Waals surface area contributed by atoms with Crippen LogP contribution in [0.25, 0.3) is 0 Å². The fraction of sp³-hybridized carbons (Fsp3) is 0.350. The van der Waals surface area contributed by atoms with Gasteiger partial charge in [0.15, 0.2) is 0 Å². The number of piperazine rings is 1. The molecule has 0 N–H and O–H groups in total. The van der Waals surface area contributed by atoms with E-state index in [1.807, 2.05) is 4.90 Å². The first-order chi connectivity index (χ1) is 13.1. The van der Waals surface area contributed by atoms with Crippen LogP contribution in [0.15, 0.2) is 48.5 Å². The number of halogens is 1. The summed E-state index contributed by atoms with van der Waals surface area (Å²) < 4.78 is 13.9. The highest BCUT2D eigenvalue weighted by Crippen LogP contribution is 2.49. The van der Waals surface area contributed by atoms with Gasteiger partial charge in [0.2, 0.25) is 5.91 Å². The van der Waals surface area contributed by atoms with Gasteiger partial charge in [-0.05, 0) is 30.0 Å². The molecule has 2 aromatic rings. The highest BCUT2D eigenvalue weighted by atomic mass is 19.1. The molecule has 140 valence electrons. The number of nitro benzene ring substituents is 1. The zero-order chi connectivity index (χ0) is 19.0. The number of anilines is 1. The van der Waals surface area contributed by atoms with E-state index in [1.54, 1.807) is 41.3 Å². The third-order valence-corrected chi connectivity index (χ3v) is 5.42. The quantitative estimate of drug-likeness (QED) is 0.613. The first-order valence-corrected chi connectivity index (χ1v) is 9.08. The summed E-state index contributed by atoms with van der Waals surface area (Å²) in [4.78, 5) is 27.3. The molecule has 4 rings (SSSR count). The van der Waals surface area contributed by atoms with Crippen molar-refractivity contribution in [3.8, 4) is 0 Å². The van der Waals surface area contributed by atoms with Crippen molar-refractivity contribution in [2.24, 2.45) is 5.92 Å². The van der Waals surface area contributed by atoms with E-state index in [-0.39, 0.29) is 34.2 Å². The lowest BCUT2D eigenvalue weighted by Gasteiger charge is -2.36. The van der Waals surface area contributed by atoms with Gasteiger partial charge in [-0.3, -0.25) is 14.9 Å². The predicted molar refractivity (Wildman–Crippen MR) is 99.1 cm³/mol. The third kappa shape index (κ3) is 3.37. The molecule has 1 saturated carbocycles. The van der Waals surface area contributed by atoms with E-state index in [2.05, 4.69) is 0 Å². The maximum absolute atomic E-state index is 13.9. The van der Waals surface area contributed by atoms with Crippen LogP contribution < -0.4 is 4.90 Å². The molecule has 1 aliphatic heterocycles. The molecule has 0 radical (unpaired) electrons. The molecule has 2 fully saturated rings. The number of benzene rings is 2. The smallest absolute Gasteiger partial charge is 0.292 e. The Kier molecular flexibility index (Phi) is 4.51. The third-order valence-electron chi connectivity index (χ3n) is 5.42. The second-order valence-corrected chi connectivity index (χ2v) is 7.03. The fourth-order valence-electron chi connectivity index (χ4n) is 3.88. The summed E-state index contributed by atoms with van der Waals surface area (Å²) in [7, 11) is 0. The van der Waals surface area contributed by atoms with E-state index < -0.39 is 0 Å². The van der Waals surface area contributed by atoms with Crippen molar-refractivity contribution in [1.29, 1.82) is 0 Å². The Balaban J connectivity index is 1.38. The number of nitrogens with zero attached hydrogens (tertiary/aromatic N) is 3. The van der Waals surface area contributed by atoms with E-state index in [0.29, 0.717) is 43.9 Å². The van der Waals surface area contributed by atoms with Gasteiger partial charge in [-0.15, -0.1) is 0 Å². The average Bonchev–Trinajstić information content (AvgIpc) is 3.48. The van der Waals surface area contributed by atoms with Crippen LogP contribution in [0.1, 0.15) is 17.9 Å². The Morgan fingerprint density at radius 3 is 2.41 bits per heavy atom. The van der Waals surface area contributed by atoms with Gasteiger partial charge in [0, 0.05) is 38.2 Å². The highest BCUT2D eigenvalue weighted by Gasteiger charge is 2.47. The van der Waals surface area contributed by atoms with Gasteiger partial charge in [0.25, 0.3) is 5.69 Å². The van der Waals surface area contributed by atoms with E-state index >= 15 is 0 Å². The van der Waals surface area contributed by atoms with E-state index in [9.17, 15) is 19.3 Å². The molecule has 1 saturated heterocycles. The van der Waals surface area contributed by atoms with Crippen LogP contribution in [0, 0.1) is 21.8 Å². The van der Waals surface area contributed by atoms with Crippen molar-refractivity contribution in [2.45, 2.75) is 12.3 Å². The second-order valence-electron chi connectivity index (χ2n) is 7.03. The number of para-hydroxylation sites is 2. The van der Waals surface area contributed by atoms with Crippen LogP contribution in [-0.4, -0.2) is 41.9 Å². The van der Waals surface area contributed by atoms with Crippen molar-refractivity contribution < 1.29 is 14.1 Å². The minimum absolute atomic E-state index is 0.0352. The fourth-order valence-corrected chi connectivity index (χ4v) is 3.88. The van der Waals surface area contributed by atoms with Gasteiger partial charge in [-0.1, -0.05) is 30.3 Å². The number of hydrogen-bond acceptors (Lipinski definition) is 4. The zero-order valence-electron chi connectivity index (χ0n) is 14.8. The second kappa shape index (κ2) is 6.98. The molecule has 2 aliphatic rings. The Morgan fingerprint density at radius 2 is 1.70 bits per heavy atom. The van der Waals surface area contributed by atoms with E-state index in [4.69, 9.17) is 0 Å². The van der Waals surface area contributed by atoms with Crippen LogP contribution in [-0.2, 0) is 4.79 Å². The number of carbonyl (C=O) groups is 1. The van der Waals surface area contributed by atoms with Crippen LogP contribution in [0.2, 0.25) is 0 Å².